The number of hydrogen-bond acceptors (Lipinski definition) is 3. The number of hydrogen-bond donors (Lipinski definition) is 2. The summed E-state index contributed by atoms with van der Waals surface area (Å²) in [5.41, 5.74) is 2.51. The normalized spacial score (nSPS) is 15.7. The number of amides is 1. The molecule has 1 saturated carbocycles. The van der Waals surface area contributed by atoms with Crippen molar-refractivity contribution in [1.82, 2.24) is 15.1 Å². The molecule has 1 aliphatic carbocycles. The molecule has 0 aromatic carbocycles. The predicted octanol–water partition coefficient (Wildman–Crippen LogP) is 2.07. The second kappa shape index (κ2) is 6.72. The van der Waals surface area contributed by atoms with E-state index >= 15 is 0 Å². The van der Waals surface area contributed by atoms with E-state index in [-0.39, 0.29) is 12.5 Å². The molecule has 1 aromatic rings. The standard InChI is InChI=1S/C17H27N3O3/c1-11(2)9-20-13(4)14(12(3)19-20)5-6-15(21)18-10-17(7-8-17)16(22)23/h11H,5-10H2,1-4H3,(H,18,21)(H,22,23). The van der Waals surface area contributed by atoms with Crippen molar-refractivity contribution in [2.24, 2.45) is 11.3 Å². The molecule has 0 atom stereocenters. The van der Waals surface area contributed by atoms with E-state index in [0.29, 0.717) is 31.6 Å². The average Bonchev–Trinajstić information content (AvgIpc) is 3.20. The summed E-state index contributed by atoms with van der Waals surface area (Å²) in [5, 5.41) is 16.4. The Hall–Kier alpha value is -1.85. The summed E-state index contributed by atoms with van der Waals surface area (Å²) in [4.78, 5) is 23.1. The molecular formula is C17H27N3O3. The molecule has 0 aliphatic heterocycles. The van der Waals surface area contributed by atoms with Gasteiger partial charge in [-0.15, -0.1) is 0 Å². The number of carboxylic acids is 1. The van der Waals surface area contributed by atoms with Crippen molar-refractivity contribution in [3.8, 4) is 0 Å². The highest BCUT2D eigenvalue weighted by Crippen LogP contribution is 2.45. The molecule has 1 amide bonds. The van der Waals surface area contributed by atoms with E-state index in [9.17, 15) is 9.59 Å². The monoisotopic (exact) mass is 321 g/mol. The molecule has 0 spiro atoms. The molecule has 0 saturated heterocycles. The summed E-state index contributed by atoms with van der Waals surface area (Å²) in [6.45, 7) is 9.44. The number of aliphatic carboxylic acids is 1. The van der Waals surface area contributed by atoms with Crippen molar-refractivity contribution in [3.05, 3.63) is 17.0 Å². The SMILES string of the molecule is Cc1nn(CC(C)C)c(C)c1CCC(=O)NCC1(C(=O)O)CC1. The molecule has 2 N–H and O–H groups in total. The van der Waals surface area contributed by atoms with Crippen LogP contribution in [0.5, 0.6) is 0 Å². The molecule has 0 unspecified atom stereocenters. The van der Waals surface area contributed by atoms with Gasteiger partial charge in [-0.2, -0.15) is 5.10 Å². The van der Waals surface area contributed by atoms with Crippen molar-refractivity contribution >= 4 is 11.9 Å². The molecule has 128 valence electrons. The van der Waals surface area contributed by atoms with Crippen LogP contribution < -0.4 is 5.32 Å². The maximum atomic E-state index is 12.0. The van der Waals surface area contributed by atoms with Gasteiger partial charge in [0.05, 0.1) is 11.1 Å². The van der Waals surface area contributed by atoms with Crippen molar-refractivity contribution in [2.75, 3.05) is 6.54 Å². The van der Waals surface area contributed by atoms with Crippen molar-refractivity contribution in [2.45, 2.75) is 59.9 Å². The first kappa shape index (κ1) is 17.5. The lowest BCUT2D eigenvalue weighted by Gasteiger charge is -2.11. The van der Waals surface area contributed by atoms with Gasteiger partial charge in [0.2, 0.25) is 5.91 Å². The maximum absolute atomic E-state index is 12.0. The lowest BCUT2D eigenvalue weighted by Crippen LogP contribution is -2.34. The maximum Gasteiger partial charge on any atom is 0.311 e. The largest absolute Gasteiger partial charge is 0.481 e. The minimum absolute atomic E-state index is 0.0899. The van der Waals surface area contributed by atoms with Gasteiger partial charge in [0.25, 0.3) is 0 Å². The fourth-order valence-electron chi connectivity index (χ4n) is 2.83. The van der Waals surface area contributed by atoms with E-state index in [1.54, 1.807) is 0 Å². The van der Waals surface area contributed by atoms with Gasteiger partial charge in [-0.05, 0) is 44.6 Å². The van der Waals surface area contributed by atoms with Gasteiger partial charge in [-0.25, -0.2) is 0 Å². The minimum atomic E-state index is -0.806. The van der Waals surface area contributed by atoms with Crippen molar-refractivity contribution in [1.29, 1.82) is 0 Å². The van der Waals surface area contributed by atoms with Crippen LogP contribution in [0.1, 0.15) is 50.1 Å². The summed E-state index contributed by atoms with van der Waals surface area (Å²) >= 11 is 0. The molecule has 6 nitrogen and oxygen atoms in total. The molecule has 2 rings (SSSR count). The highest BCUT2D eigenvalue weighted by molar-refractivity contribution is 5.81. The van der Waals surface area contributed by atoms with E-state index in [4.69, 9.17) is 5.11 Å². The second-order valence-corrected chi connectivity index (χ2v) is 7.09. The Balaban J connectivity index is 1.87. The van der Waals surface area contributed by atoms with Gasteiger partial charge in [0.15, 0.2) is 0 Å². The van der Waals surface area contributed by atoms with Gasteiger partial charge in [-0.1, -0.05) is 13.8 Å². The van der Waals surface area contributed by atoms with Gasteiger partial charge in [0.1, 0.15) is 0 Å². The van der Waals surface area contributed by atoms with E-state index in [1.165, 1.54) is 0 Å². The number of rotatable bonds is 8. The Morgan fingerprint density at radius 3 is 2.52 bits per heavy atom. The molecule has 1 aromatic heterocycles. The summed E-state index contributed by atoms with van der Waals surface area (Å²) in [7, 11) is 0. The number of aromatic nitrogens is 2. The quantitative estimate of drug-likeness (QED) is 0.767. The third-order valence-electron chi connectivity index (χ3n) is 4.60. The number of aryl methyl sites for hydroxylation is 1. The summed E-state index contributed by atoms with van der Waals surface area (Å²) < 4.78 is 2.01. The topological polar surface area (TPSA) is 84.2 Å². The summed E-state index contributed by atoms with van der Waals surface area (Å²) in [6.07, 6.45) is 2.32. The van der Waals surface area contributed by atoms with Crippen LogP contribution >= 0.6 is 0 Å². The van der Waals surface area contributed by atoms with Crippen molar-refractivity contribution in [3.63, 3.8) is 0 Å². The smallest absolute Gasteiger partial charge is 0.311 e. The van der Waals surface area contributed by atoms with Crippen LogP contribution in [0.15, 0.2) is 0 Å². The molecule has 0 radical (unpaired) electrons. The Bertz CT molecular complexity index is 600. The fourth-order valence-corrected chi connectivity index (χ4v) is 2.83. The Morgan fingerprint density at radius 2 is 2.00 bits per heavy atom. The lowest BCUT2D eigenvalue weighted by atomic mass is 10.1. The Kier molecular flexibility index (Phi) is 5.12. The highest BCUT2D eigenvalue weighted by Gasteiger charge is 2.50. The molecular weight excluding hydrogens is 294 g/mol. The molecule has 1 heterocycles. The zero-order valence-corrected chi connectivity index (χ0v) is 14.5. The molecule has 6 heteroatoms. The number of nitrogens with zero attached hydrogens (tertiary/aromatic N) is 2. The zero-order chi connectivity index (χ0) is 17.2. The molecule has 1 aliphatic rings. The second-order valence-electron chi connectivity index (χ2n) is 7.09. The van der Waals surface area contributed by atoms with Crippen LogP contribution in [0.25, 0.3) is 0 Å². The molecule has 1 fully saturated rings. The Morgan fingerprint density at radius 1 is 1.35 bits per heavy atom. The fraction of sp³-hybridized carbons (Fsp3) is 0.706. The van der Waals surface area contributed by atoms with Crippen LogP contribution in [0.4, 0.5) is 0 Å². The highest BCUT2D eigenvalue weighted by atomic mass is 16.4. The number of carbonyl (C=O) groups is 2. The van der Waals surface area contributed by atoms with E-state index < -0.39 is 11.4 Å². The van der Waals surface area contributed by atoms with E-state index in [2.05, 4.69) is 24.3 Å². The van der Waals surface area contributed by atoms with Gasteiger partial charge < -0.3 is 10.4 Å². The van der Waals surface area contributed by atoms with Gasteiger partial charge in [0, 0.05) is 25.2 Å². The van der Waals surface area contributed by atoms with E-state index in [0.717, 1.165) is 23.5 Å². The first-order valence-electron chi connectivity index (χ1n) is 8.28. The average molecular weight is 321 g/mol. The molecule has 0 bridgehead atoms. The van der Waals surface area contributed by atoms with Crippen LogP contribution in [0, 0.1) is 25.2 Å². The van der Waals surface area contributed by atoms with Crippen LogP contribution in [0.3, 0.4) is 0 Å². The minimum Gasteiger partial charge on any atom is -0.481 e. The lowest BCUT2D eigenvalue weighted by molar-refractivity contribution is -0.143. The van der Waals surface area contributed by atoms with Crippen LogP contribution in [-0.4, -0.2) is 33.3 Å². The summed E-state index contributed by atoms with van der Waals surface area (Å²) in [6, 6.07) is 0. The first-order chi connectivity index (χ1) is 10.7. The zero-order valence-electron chi connectivity index (χ0n) is 14.5. The third-order valence-corrected chi connectivity index (χ3v) is 4.60. The van der Waals surface area contributed by atoms with Gasteiger partial charge in [-0.3, -0.25) is 14.3 Å². The van der Waals surface area contributed by atoms with Crippen LogP contribution in [-0.2, 0) is 22.6 Å². The van der Waals surface area contributed by atoms with Gasteiger partial charge >= 0.3 is 5.97 Å². The van der Waals surface area contributed by atoms with E-state index in [1.807, 2.05) is 18.5 Å². The number of carbonyl (C=O) groups excluding carboxylic acids is 1. The third kappa shape index (κ3) is 4.12. The Labute approximate surface area is 137 Å². The summed E-state index contributed by atoms with van der Waals surface area (Å²) in [5.74, 6) is -0.373. The predicted molar refractivity (Wildman–Crippen MR) is 87.2 cm³/mol. The number of carboxylic acid groups (broad SMARTS) is 1. The van der Waals surface area contributed by atoms with Crippen molar-refractivity contribution < 1.29 is 14.7 Å². The number of nitrogens with one attached hydrogen (secondary N) is 1. The first-order valence-corrected chi connectivity index (χ1v) is 8.28. The van der Waals surface area contributed by atoms with Crippen LogP contribution in [0.2, 0.25) is 0 Å². The molecule has 23 heavy (non-hydrogen) atoms.